The van der Waals surface area contributed by atoms with Crippen LogP contribution in [0.3, 0.4) is 0 Å². The monoisotopic (exact) mass is 347 g/mol. The molecule has 0 fully saturated rings. The first kappa shape index (κ1) is 18.0. The number of anilines is 1. The van der Waals surface area contributed by atoms with Gasteiger partial charge in [0.05, 0.1) is 4.90 Å². The Labute approximate surface area is 142 Å². The number of carbonyl (C=O) groups excluding carboxylic acids is 1. The van der Waals surface area contributed by atoms with Crippen molar-refractivity contribution in [3.8, 4) is 0 Å². The van der Waals surface area contributed by atoms with Crippen LogP contribution in [-0.4, -0.2) is 46.4 Å². The second kappa shape index (κ2) is 7.94. The molecule has 1 amide bonds. The van der Waals surface area contributed by atoms with Gasteiger partial charge in [0.2, 0.25) is 0 Å². The first-order chi connectivity index (χ1) is 11.4. The van der Waals surface area contributed by atoms with Crippen molar-refractivity contribution in [2.24, 2.45) is 0 Å². The highest BCUT2D eigenvalue weighted by molar-refractivity contribution is 7.92. The number of hydrogen-bond donors (Lipinski definition) is 2. The molecule has 6 nitrogen and oxygen atoms in total. The Kier molecular flexibility index (Phi) is 5.94. The maximum Gasteiger partial charge on any atom is 0.261 e. The Bertz CT molecular complexity index is 790. The molecule has 128 valence electrons. The van der Waals surface area contributed by atoms with Crippen molar-refractivity contribution >= 4 is 21.6 Å². The van der Waals surface area contributed by atoms with Crippen molar-refractivity contribution in [1.29, 1.82) is 0 Å². The molecule has 0 aromatic heterocycles. The van der Waals surface area contributed by atoms with E-state index in [9.17, 15) is 13.2 Å². The third-order valence-electron chi connectivity index (χ3n) is 3.28. The van der Waals surface area contributed by atoms with E-state index in [0.29, 0.717) is 24.3 Å². The van der Waals surface area contributed by atoms with E-state index in [1.807, 2.05) is 19.0 Å². The number of amides is 1. The molecule has 24 heavy (non-hydrogen) atoms. The quantitative estimate of drug-likeness (QED) is 0.800. The van der Waals surface area contributed by atoms with Crippen molar-refractivity contribution in [3.05, 3.63) is 60.2 Å². The van der Waals surface area contributed by atoms with E-state index in [1.54, 1.807) is 42.5 Å². The van der Waals surface area contributed by atoms with E-state index in [0.717, 1.165) is 0 Å². The molecular formula is C17H21N3O3S. The highest BCUT2D eigenvalue weighted by Gasteiger charge is 2.16. The van der Waals surface area contributed by atoms with Crippen molar-refractivity contribution in [2.45, 2.75) is 4.90 Å². The molecule has 7 heteroatoms. The molecule has 2 rings (SSSR count). The van der Waals surface area contributed by atoms with E-state index in [1.165, 1.54) is 12.1 Å². The maximum atomic E-state index is 12.4. The van der Waals surface area contributed by atoms with Gasteiger partial charge >= 0.3 is 0 Å². The third kappa shape index (κ3) is 5.07. The zero-order valence-electron chi connectivity index (χ0n) is 13.7. The first-order valence-corrected chi connectivity index (χ1v) is 8.98. The van der Waals surface area contributed by atoms with E-state index in [4.69, 9.17) is 0 Å². The highest BCUT2D eigenvalue weighted by Crippen LogP contribution is 2.16. The Morgan fingerprint density at radius 3 is 2.42 bits per heavy atom. The van der Waals surface area contributed by atoms with E-state index >= 15 is 0 Å². The number of para-hydroxylation sites is 1. The van der Waals surface area contributed by atoms with Gasteiger partial charge in [0.25, 0.3) is 15.9 Å². The summed E-state index contributed by atoms with van der Waals surface area (Å²) in [6.45, 7) is 1.20. The Balaban J connectivity index is 2.13. The molecule has 0 aliphatic heterocycles. The second-order valence-electron chi connectivity index (χ2n) is 5.56. The predicted octanol–water partition coefficient (Wildman–Crippen LogP) is 1.78. The zero-order valence-corrected chi connectivity index (χ0v) is 14.5. The van der Waals surface area contributed by atoms with Gasteiger partial charge in [-0.2, -0.15) is 0 Å². The van der Waals surface area contributed by atoms with Gasteiger partial charge in [-0.3, -0.25) is 9.52 Å². The maximum absolute atomic E-state index is 12.4. The number of sulfonamides is 1. The summed E-state index contributed by atoms with van der Waals surface area (Å²) in [5.41, 5.74) is 0.781. The summed E-state index contributed by atoms with van der Waals surface area (Å²) >= 11 is 0. The van der Waals surface area contributed by atoms with Gasteiger partial charge in [-0.25, -0.2) is 8.42 Å². The van der Waals surface area contributed by atoms with Crippen molar-refractivity contribution < 1.29 is 13.2 Å². The van der Waals surface area contributed by atoms with Crippen LogP contribution >= 0.6 is 0 Å². The van der Waals surface area contributed by atoms with Gasteiger partial charge in [-0.05, 0) is 44.4 Å². The third-order valence-corrected chi connectivity index (χ3v) is 4.66. The molecule has 0 heterocycles. The molecule has 0 bridgehead atoms. The molecule has 2 aromatic rings. The fourth-order valence-electron chi connectivity index (χ4n) is 2.02. The molecule has 0 aliphatic carbocycles. The molecule has 2 N–H and O–H groups in total. The van der Waals surface area contributed by atoms with Gasteiger partial charge in [0.15, 0.2) is 0 Å². The molecule has 0 saturated heterocycles. The Morgan fingerprint density at radius 1 is 1.04 bits per heavy atom. The number of hydrogen-bond acceptors (Lipinski definition) is 4. The summed E-state index contributed by atoms with van der Waals surface area (Å²) in [5.74, 6) is -0.298. The van der Waals surface area contributed by atoms with Crippen LogP contribution in [0.15, 0.2) is 59.5 Å². The summed E-state index contributed by atoms with van der Waals surface area (Å²) < 4.78 is 27.4. The summed E-state index contributed by atoms with van der Waals surface area (Å²) in [6.07, 6.45) is 0. The van der Waals surface area contributed by atoms with Crippen molar-refractivity contribution in [2.75, 3.05) is 31.9 Å². The highest BCUT2D eigenvalue weighted by atomic mass is 32.2. The molecule has 0 spiro atoms. The van der Waals surface area contributed by atoms with Gasteiger partial charge < -0.3 is 10.2 Å². The first-order valence-electron chi connectivity index (χ1n) is 7.49. The Morgan fingerprint density at radius 2 is 1.75 bits per heavy atom. The Hall–Kier alpha value is -2.38. The molecule has 0 radical (unpaired) electrons. The fraction of sp³-hybridized carbons (Fsp3) is 0.235. The number of benzene rings is 2. The van der Waals surface area contributed by atoms with Gasteiger partial charge in [-0.15, -0.1) is 0 Å². The van der Waals surface area contributed by atoms with E-state index in [2.05, 4.69) is 10.0 Å². The molecule has 0 saturated carbocycles. The summed E-state index contributed by atoms with van der Waals surface area (Å²) in [7, 11) is 0.0811. The standard InChI is InChI=1S/C17H21N3O3S/c1-20(2)12-11-18-17(21)14-7-6-10-16(13-14)24(22,23)19-15-8-4-3-5-9-15/h3-10,13,19H,11-12H2,1-2H3,(H,18,21). The van der Waals surface area contributed by atoms with Crippen molar-refractivity contribution in [1.82, 2.24) is 10.2 Å². The second-order valence-corrected chi connectivity index (χ2v) is 7.24. The van der Waals surface area contributed by atoms with Gasteiger partial charge in [-0.1, -0.05) is 24.3 Å². The molecular weight excluding hydrogens is 326 g/mol. The van der Waals surface area contributed by atoms with Crippen LogP contribution in [0.2, 0.25) is 0 Å². The number of nitrogens with zero attached hydrogens (tertiary/aromatic N) is 1. The zero-order chi connectivity index (χ0) is 17.6. The lowest BCUT2D eigenvalue weighted by molar-refractivity contribution is 0.0951. The number of nitrogens with one attached hydrogen (secondary N) is 2. The average Bonchev–Trinajstić information content (AvgIpc) is 2.55. The van der Waals surface area contributed by atoms with Crippen LogP contribution in [0.1, 0.15) is 10.4 Å². The summed E-state index contributed by atoms with van der Waals surface area (Å²) in [4.78, 5) is 14.1. The molecule has 0 aliphatic rings. The van der Waals surface area contributed by atoms with E-state index in [-0.39, 0.29) is 10.8 Å². The van der Waals surface area contributed by atoms with Gasteiger partial charge in [0, 0.05) is 24.3 Å². The predicted molar refractivity (Wildman–Crippen MR) is 94.6 cm³/mol. The summed E-state index contributed by atoms with van der Waals surface area (Å²) in [6, 6.07) is 14.6. The molecule has 0 atom stereocenters. The largest absolute Gasteiger partial charge is 0.351 e. The number of carbonyl (C=O) groups is 1. The minimum Gasteiger partial charge on any atom is -0.351 e. The van der Waals surface area contributed by atoms with Crippen LogP contribution in [0.25, 0.3) is 0 Å². The fourth-order valence-corrected chi connectivity index (χ4v) is 3.12. The normalized spacial score (nSPS) is 11.3. The van der Waals surface area contributed by atoms with Crippen LogP contribution in [0.5, 0.6) is 0 Å². The van der Waals surface area contributed by atoms with Crippen LogP contribution < -0.4 is 10.0 Å². The van der Waals surface area contributed by atoms with Gasteiger partial charge in [0.1, 0.15) is 0 Å². The SMILES string of the molecule is CN(C)CCNC(=O)c1cccc(S(=O)(=O)Nc2ccccc2)c1. The average molecular weight is 347 g/mol. The van der Waals surface area contributed by atoms with Crippen LogP contribution in [0, 0.1) is 0 Å². The lowest BCUT2D eigenvalue weighted by atomic mass is 10.2. The van der Waals surface area contributed by atoms with Crippen molar-refractivity contribution in [3.63, 3.8) is 0 Å². The lowest BCUT2D eigenvalue weighted by Gasteiger charge is -2.11. The molecule has 0 unspecified atom stereocenters. The molecule has 2 aromatic carbocycles. The minimum atomic E-state index is -3.74. The minimum absolute atomic E-state index is 0.0478. The smallest absolute Gasteiger partial charge is 0.261 e. The lowest BCUT2D eigenvalue weighted by Crippen LogP contribution is -2.31. The number of likely N-dealkylation sites (N-methyl/N-ethyl adjacent to an activating group) is 1. The topological polar surface area (TPSA) is 78.5 Å². The van der Waals surface area contributed by atoms with Crippen LogP contribution in [-0.2, 0) is 10.0 Å². The number of rotatable bonds is 7. The van der Waals surface area contributed by atoms with E-state index < -0.39 is 10.0 Å². The van der Waals surface area contributed by atoms with Crippen LogP contribution in [0.4, 0.5) is 5.69 Å². The summed E-state index contributed by atoms with van der Waals surface area (Å²) in [5, 5.41) is 2.76.